The number of hydrogen-bond donors (Lipinski definition) is 1. The van der Waals surface area contributed by atoms with Gasteiger partial charge in [-0.3, -0.25) is 0 Å². The first kappa shape index (κ1) is 15.2. The van der Waals surface area contributed by atoms with Crippen molar-refractivity contribution in [1.29, 1.82) is 0 Å². The second-order valence-electron chi connectivity index (χ2n) is 4.07. The molecule has 0 amide bonds. The van der Waals surface area contributed by atoms with Crippen LogP contribution in [0.4, 0.5) is 17.6 Å². The molecule has 1 aromatic carbocycles. The van der Waals surface area contributed by atoms with Gasteiger partial charge in [0.2, 0.25) is 0 Å². The molecule has 0 aliphatic rings. The normalized spacial score (nSPS) is 12.5. The second kappa shape index (κ2) is 5.69. The fraction of sp³-hybridized carbons (Fsp3) is 0.0714. The molecule has 0 bridgehead atoms. The zero-order valence-corrected chi connectivity index (χ0v) is 11.1. The zero-order chi connectivity index (χ0) is 15.6. The fourth-order valence-electron chi connectivity index (χ4n) is 1.73. The van der Waals surface area contributed by atoms with Crippen LogP contribution in [0.3, 0.4) is 0 Å². The Morgan fingerprint density at radius 3 is 2.48 bits per heavy atom. The summed E-state index contributed by atoms with van der Waals surface area (Å²) in [5, 5.41) is 10.8. The number of carbonyl (C=O) groups is 1. The molecule has 1 aromatic heterocycles. The molecule has 110 valence electrons. The molecule has 21 heavy (non-hydrogen) atoms. The van der Waals surface area contributed by atoms with E-state index in [9.17, 15) is 22.4 Å². The van der Waals surface area contributed by atoms with Crippen LogP contribution >= 0.6 is 11.3 Å². The van der Waals surface area contributed by atoms with Crippen molar-refractivity contribution in [2.24, 2.45) is 0 Å². The number of benzene rings is 1. The van der Waals surface area contributed by atoms with E-state index in [0.29, 0.717) is 10.9 Å². The molecule has 1 N–H and O–H groups in total. The Bertz CT molecular complexity index is 687. The van der Waals surface area contributed by atoms with Gasteiger partial charge in [0.15, 0.2) is 0 Å². The molecule has 1 heterocycles. The lowest BCUT2D eigenvalue weighted by Gasteiger charge is -2.11. The molecule has 2 rings (SSSR count). The van der Waals surface area contributed by atoms with Crippen molar-refractivity contribution >= 4 is 29.0 Å². The third-order valence-electron chi connectivity index (χ3n) is 2.64. The van der Waals surface area contributed by atoms with Gasteiger partial charge in [-0.2, -0.15) is 13.2 Å². The molecule has 0 atom stereocenters. The highest BCUT2D eigenvalue weighted by atomic mass is 32.1. The Hall–Kier alpha value is -2.15. The molecular weight excluding hydrogens is 308 g/mol. The van der Waals surface area contributed by atoms with Gasteiger partial charge in [0.1, 0.15) is 5.82 Å². The summed E-state index contributed by atoms with van der Waals surface area (Å²) in [7, 11) is 0. The molecule has 2 aromatic rings. The van der Waals surface area contributed by atoms with Crippen LogP contribution in [0, 0.1) is 5.82 Å². The Kier molecular flexibility index (Phi) is 4.13. The van der Waals surface area contributed by atoms with Crippen molar-refractivity contribution in [2.45, 2.75) is 6.18 Å². The molecule has 0 radical (unpaired) electrons. The standard InChI is InChI=1S/C14H8F4O2S/c15-9-4-3-8(11(7-9)14(16,17)18)6-10(13(19)20)12-2-1-5-21-12/h1-7H,(H,19,20)/b10-6+. The highest BCUT2D eigenvalue weighted by molar-refractivity contribution is 7.11. The first-order valence-electron chi connectivity index (χ1n) is 5.64. The van der Waals surface area contributed by atoms with Gasteiger partial charge in [0.25, 0.3) is 0 Å². The highest BCUT2D eigenvalue weighted by Gasteiger charge is 2.33. The third-order valence-corrected chi connectivity index (χ3v) is 3.54. The van der Waals surface area contributed by atoms with Gasteiger partial charge >= 0.3 is 12.1 Å². The number of rotatable bonds is 3. The molecule has 7 heteroatoms. The predicted molar refractivity (Wildman–Crippen MR) is 71.2 cm³/mol. The Balaban J connectivity index is 2.60. The number of carboxylic acid groups (broad SMARTS) is 1. The quantitative estimate of drug-likeness (QED) is 0.667. The Morgan fingerprint density at radius 2 is 1.95 bits per heavy atom. The number of halogens is 4. The summed E-state index contributed by atoms with van der Waals surface area (Å²) in [4.78, 5) is 11.5. The van der Waals surface area contributed by atoms with Crippen LogP contribution in [0.25, 0.3) is 11.6 Å². The maximum atomic E-state index is 13.0. The lowest BCUT2D eigenvalue weighted by molar-refractivity contribution is -0.138. The summed E-state index contributed by atoms with van der Waals surface area (Å²) in [6.45, 7) is 0. The minimum atomic E-state index is -4.77. The van der Waals surface area contributed by atoms with Crippen molar-refractivity contribution in [1.82, 2.24) is 0 Å². The zero-order valence-electron chi connectivity index (χ0n) is 10.3. The van der Waals surface area contributed by atoms with Crippen LogP contribution in [0.1, 0.15) is 16.0 Å². The molecule has 2 nitrogen and oxygen atoms in total. The lowest BCUT2D eigenvalue weighted by atomic mass is 10.0. The van der Waals surface area contributed by atoms with Gasteiger partial charge < -0.3 is 5.11 Å². The predicted octanol–water partition coefficient (Wildman–Crippen LogP) is 4.53. The number of thiophene rings is 1. The molecule has 0 saturated heterocycles. The molecule has 0 aliphatic carbocycles. The van der Waals surface area contributed by atoms with Gasteiger partial charge in [0.05, 0.1) is 11.1 Å². The summed E-state index contributed by atoms with van der Waals surface area (Å²) < 4.78 is 51.7. The Morgan fingerprint density at radius 1 is 1.24 bits per heavy atom. The van der Waals surface area contributed by atoms with Gasteiger partial charge in [-0.1, -0.05) is 12.1 Å². The molecule has 0 spiro atoms. The first-order valence-corrected chi connectivity index (χ1v) is 6.52. The van der Waals surface area contributed by atoms with Crippen molar-refractivity contribution in [3.63, 3.8) is 0 Å². The minimum absolute atomic E-state index is 0.276. The number of alkyl halides is 3. The monoisotopic (exact) mass is 316 g/mol. The first-order chi connectivity index (χ1) is 9.79. The van der Waals surface area contributed by atoms with E-state index in [2.05, 4.69) is 0 Å². The van der Waals surface area contributed by atoms with E-state index in [4.69, 9.17) is 5.11 Å². The van der Waals surface area contributed by atoms with E-state index >= 15 is 0 Å². The molecule has 0 fully saturated rings. The van der Waals surface area contributed by atoms with Gasteiger partial charge in [-0.05, 0) is 35.2 Å². The average Bonchev–Trinajstić information content (AvgIpc) is 2.89. The van der Waals surface area contributed by atoms with Gasteiger partial charge in [-0.25, -0.2) is 9.18 Å². The van der Waals surface area contributed by atoms with Crippen LogP contribution in [0.15, 0.2) is 35.7 Å². The maximum Gasteiger partial charge on any atom is 0.417 e. The van der Waals surface area contributed by atoms with Crippen molar-refractivity contribution < 1.29 is 27.5 Å². The topological polar surface area (TPSA) is 37.3 Å². The van der Waals surface area contributed by atoms with E-state index in [1.54, 1.807) is 11.4 Å². The summed E-state index contributed by atoms with van der Waals surface area (Å²) in [6.07, 6.45) is -3.87. The molecular formula is C14H8F4O2S. The summed E-state index contributed by atoms with van der Waals surface area (Å²) in [5.41, 5.74) is -1.88. The van der Waals surface area contributed by atoms with Crippen molar-refractivity contribution in [2.75, 3.05) is 0 Å². The molecule has 0 unspecified atom stereocenters. The van der Waals surface area contributed by atoms with Crippen LogP contribution in [-0.4, -0.2) is 11.1 Å². The van der Waals surface area contributed by atoms with E-state index in [0.717, 1.165) is 29.5 Å². The van der Waals surface area contributed by atoms with Crippen molar-refractivity contribution in [3.05, 3.63) is 57.5 Å². The molecule has 0 aliphatic heterocycles. The number of carboxylic acids is 1. The molecule has 0 saturated carbocycles. The van der Waals surface area contributed by atoms with Crippen LogP contribution in [0.2, 0.25) is 0 Å². The Labute approximate surface area is 121 Å². The fourth-order valence-corrected chi connectivity index (χ4v) is 2.46. The average molecular weight is 316 g/mol. The lowest BCUT2D eigenvalue weighted by Crippen LogP contribution is -2.08. The largest absolute Gasteiger partial charge is 0.478 e. The van der Waals surface area contributed by atoms with E-state index in [-0.39, 0.29) is 5.57 Å². The SMILES string of the molecule is O=C(O)/C(=C/c1ccc(F)cc1C(F)(F)F)c1cccs1. The van der Waals surface area contributed by atoms with Crippen LogP contribution in [-0.2, 0) is 11.0 Å². The number of hydrogen-bond acceptors (Lipinski definition) is 2. The van der Waals surface area contributed by atoms with Crippen LogP contribution < -0.4 is 0 Å². The summed E-state index contributed by atoms with van der Waals surface area (Å²) in [5.74, 6) is -2.39. The van der Waals surface area contributed by atoms with E-state index in [1.165, 1.54) is 6.07 Å². The third kappa shape index (κ3) is 3.49. The van der Waals surface area contributed by atoms with Crippen LogP contribution in [0.5, 0.6) is 0 Å². The summed E-state index contributed by atoms with van der Waals surface area (Å²) in [6, 6.07) is 5.19. The van der Waals surface area contributed by atoms with Gasteiger partial charge in [-0.15, -0.1) is 11.3 Å². The van der Waals surface area contributed by atoms with E-state index < -0.39 is 29.1 Å². The second-order valence-corrected chi connectivity index (χ2v) is 5.02. The smallest absolute Gasteiger partial charge is 0.417 e. The minimum Gasteiger partial charge on any atom is -0.478 e. The maximum absolute atomic E-state index is 13.0. The number of aliphatic carboxylic acids is 1. The van der Waals surface area contributed by atoms with Crippen molar-refractivity contribution in [3.8, 4) is 0 Å². The summed E-state index contributed by atoms with van der Waals surface area (Å²) >= 11 is 1.09. The van der Waals surface area contributed by atoms with Gasteiger partial charge in [0, 0.05) is 4.88 Å². The van der Waals surface area contributed by atoms with E-state index in [1.807, 2.05) is 0 Å². The highest BCUT2D eigenvalue weighted by Crippen LogP contribution is 2.34.